The van der Waals surface area contributed by atoms with E-state index >= 15 is 0 Å². The van der Waals surface area contributed by atoms with Crippen LogP contribution in [0.25, 0.3) is 0 Å². The van der Waals surface area contributed by atoms with E-state index in [1.165, 1.54) is 13.2 Å². The number of ether oxygens (including phenoxy) is 1. The van der Waals surface area contributed by atoms with Gasteiger partial charge in [-0.05, 0) is 56.5 Å². The molecular formula is C16H23FN2O2. The lowest BCUT2D eigenvalue weighted by molar-refractivity contribution is -0.122. The molecule has 21 heavy (non-hydrogen) atoms. The second-order valence-corrected chi connectivity index (χ2v) is 5.58. The SMILES string of the molecule is COc1ccc(C(C)NC(=O)CC2CCNCC2)cc1F. The van der Waals surface area contributed by atoms with Crippen molar-refractivity contribution < 1.29 is 13.9 Å². The van der Waals surface area contributed by atoms with Gasteiger partial charge in [-0.15, -0.1) is 0 Å². The Morgan fingerprint density at radius 2 is 2.19 bits per heavy atom. The molecule has 2 rings (SSSR count). The Morgan fingerprint density at radius 3 is 2.81 bits per heavy atom. The van der Waals surface area contributed by atoms with Crippen molar-refractivity contribution in [1.29, 1.82) is 0 Å². The van der Waals surface area contributed by atoms with E-state index in [1.54, 1.807) is 12.1 Å². The molecule has 2 N–H and O–H groups in total. The zero-order valence-corrected chi connectivity index (χ0v) is 12.6. The van der Waals surface area contributed by atoms with Crippen LogP contribution in [0.4, 0.5) is 4.39 Å². The number of piperidine rings is 1. The Labute approximate surface area is 125 Å². The largest absolute Gasteiger partial charge is 0.494 e. The third-order valence-electron chi connectivity index (χ3n) is 3.99. The van der Waals surface area contributed by atoms with Crippen LogP contribution in [-0.2, 0) is 4.79 Å². The molecule has 0 saturated carbocycles. The molecule has 116 valence electrons. The van der Waals surface area contributed by atoms with E-state index in [2.05, 4.69) is 10.6 Å². The molecule has 0 radical (unpaired) electrons. The molecule has 1 aliphatic heterocycles. The first-order valence-electron chi connectivity index (χ1n) is 7.43. The molecule has 0 aliphatic carbocycles. The second kappa shape index (κ2) is 7.41. The van der Waals surface area contributed by atoms with Crippen LogP contribution in [0.2, 0.25) is 0 Å². The van der Waals surface area contributed by atoms with Crippen LogP contribution in [0, 0.1) is 11.7 Å². The maximum atomic E-state index is 13.7. The van der Waals surface area contributed by atoms with E-state index in [0.717, 1.165) is 31.5 Å². The fraction of sp³-hybridized carbons (Fsp3) is 0.562. The molecule has 1 fully saturated rings. The van der Waals surface area contributed by atoms with Gasteiger partial charge in [0, 0.05) is 6.42 Å². The quantitative estimate of drug-likeness (QED) is 0.877. The molecular weight excluding hydrogens is 271 g/mol. The molecule has 1 aromatic carbocycles. The number of hydrogen-bond donors (Lipinski definition) is 2. The molecule has 1 saturated heterocycles. The van der Waals surface area contributed by atoms with Crippen molar-refractivity contribution in [2.24, 2.45) is 5.92 Å². The van der Waals surface area contributed by atoms with Crippen molar-refractivity contribution in [3.63, 3.8) is 0 Å². The summed E-state index contributed by atoms with van der Waals surface area (Å²) >= 11 is 0. The summed E-state index contributed by atoms with van der Waals surface area (Å²) in [7, 11) is 1.43. The van der Waals surface area contributed by atoms with Gasteiger partial charge < -0.3 is 15.4 Å². The third kappa shape index (κ3) is 4.43. The number of carbonyl (C=O) groups is 1. The Hall–Kier alpha value is -1.62. The van der Waals surface area contributed by atoms with Crippen LogP contribution >= 0.6 is 0 Å². The lowest BCUT2D eigenvalue weighted by atomic mass is 9.94. The van der Waals surface area contributed by atoms with Gasteiger partial charge in [0.25, 0.3) is 0 Å². The van der Waals surface area contributed by atoms with Gasteiger partial charge in [0.1, 0.15) is 0 Å². The Morgan fingerprint density at radius 1 is 1.48 bits per heavy atom. The van der Waals surface area contributed by atoms with Gasteiger partial charge in [-0.1, -0.05) is 6.07 Å². The van der Waals surface area contributed by atoms with Crippen molar-refractivity contribution >= 4 is 5.91 Å². The fourth-order valence-corrected chi connectivity index (χ4v) is 2.68. The van der Waals surface area contributed by atoms with Gasteiger partial charge in [-0.2, -0.15) is 0 Å². The highest BCUT2D eigenvalue weighted by Crippen LogP contribution is 2.22. The van der Waals surface area contributed by atoms with Crippen LogP contribution in [0.3, 0.4) is 0 Å². The molecule has 0 spiro atoms. The minimum Gasteiger partial charge on any atom is -0.494 e. The molecule has 4 nitrogen and oxygen atoms in total. The second-order valence-electron chi connectivity index (χ2n) is 5.58. The highest BCUT2D eigenvalue weighted by Gasteiger charge is 2.18. The standard InChI is InChI=1S/C16H23FN2O2/c1-11(13-3-4-15(21-2)14(17)10-13)19-16(20)9-12-5-7-18-8-6-12/h3-4,10-12,18H,5-9H2,1-2H3,(H,19,20). The predicted octanol–water partition coefficient (Wildman–Crippen LogP) is 2.40. The number of nitrogens with one attached hydrogen (secondary N) is 2. The van der Waals surface area contributed by atoms with E-state index < -0.39 is 5.82 Å². The molecule has 0 aromatic heterocycles. The van der Waals surface area contributed by atoms with E-state index in [4.69, 9.17) is 4.74 Å². The monoisotopic (exact) mass is 294 g/mol. The molecule has 1 atom stereocenters. The van der Waals surface area contributed by atoms with Gasteiger partial charge in [0.15, 0.2) is 11.6 Å². The first-order chi connectivity index (χ1) is 10.1. The highest BCUT2D eigenvalue weighted by molar-refractivity contribution is 5.76. The zero-order valence-electron chi connectivity index (χ0n) is 12.6. The number of halogens is 1. The first kappa shape index (κ1) is 15.8. The van der Waals surface area contributed by atoms with Gasteiger partial charge >= 0.3 is 0 Å². The molecule has 5 heteroatoms. The highest BCUT2D eigenvalue weighted by atomic mass is 19.1. The number of benzene rings is 1. The number of methoxy groups -OCH3 is 1. The maximum absolute atomic E-state index is 13.7. The number of carbonyl (C=O) groups excluding carboxylic acids is 1. The Balaban J connectivity index is 1.89. The minimum atomic E-state index is -0.408. The third-order valence-corrected chi connectivity index (χ3v) is 3.99. The number of hydrogen-bond acceptors (Lipinski definition) is 3. The summed E-state index contributed by atoms with van der Waals surface area (Å²) in [6, 6.07) is 4.56. The average Bonchev–Trinajstić information content (AvgIpc) is 2.48. The van der Waals surface area contributed by atoms with E-state index in [0.29, 0.717) is 12.3 Å². The van der Waals surface area contributed by atoms with Gasteiger partial charge in [-0.3, -0.25) is 4.79 Å². The van der Waals surface area contributed by atoms with Crippen molar-refractivity contribution in [1.82, 2.24) is 10.6 Å². The molecule has 1 unspecified atom stereocenters. The van der Waals surface area contributed by atoms with Crippen molar-refractivity contribution in [3.05, 3.63) is 29.6 Å². The maximum Gasteiger partial charge on any atom is 0.220 e. The summed E-state index contributed by atoms with van der Waals surface area (Å²) in [6.07, 6.45) is 2.63. The topological polar surface area (TPSA) is 50.4 Å². The van der Waals surface area contributed by atoms with Crippen LogP contribution in [0.1, 0.15) is 37.8 Å². The van der Waals surface area contributed by atoms with Crippen molar-refractivity contribution in [2.45, 2.75) is 32.2 Å². The number of amides is 1. The summed E-state index contributed by atoms with van der Waals surface area (Å²) in [4.78, 5) is 12.1. The molecule has 1 aliphatic rings. The van der Waals surface area contributed by atoms with Crippen molar-refractivity contribution in [3.8, 4) is 5.75 Å². The van der Waals surface area contributed by atoms with Crippen LogP contribution in [0.15, 0.2) is 18.2 Å². The Kier molecular flexibility index (Phi) is 5.56. The van der Waals surface area contributed by atoms with Gasteiger partial charge in [-0.25, -0.2) is 4.39 Å². The van der Waals surface area contributed by atoms with E-state index in [1.807, 2.05) is 6.92 Å². The number of rotatable bonds is 5. The summed E-state index contributed by atoms with van der Waals surface area (Å²) in [5.41, 5.74) is 0.743. The normalized spacial score (nSPS) is 17.3. The van der Waals surface area contributed by atoms with E-state index in [-0.39, 0.29) is 17.7 Å². The molecule has 1 aromatic rings. The summed E-state index contributed by atoms with van der Waals surface area (Å²) in [5, 5.41) is 6.23. The zero-order chi connectivity index (χ0) is 15.2. The van der Waals surface area contributed by atoms with Crippen LogP contribution in [0.5, 0.6) is 5.75 Å². The summed E-state index contributed by atoms with van der Waals surface area (Å²) in [6.45, 7) is 3.83. The lowest BCUT2D eigenvalue weighted by Crippen LogP contribution is -2.33. The molecule has 0 bridgehead atoms. The summed E-state index contributed by atoms with van der Waals surface area (Å²) in [5.74, 6) is 0.290. The van der Waals surface area contributed by atoms with Crippen LogP contribution < -0.4 is 15.4 Å². The van der Waals surface area contributed by atoms with Crippen LogP contribution in [-0.4, -0.2) is 26.1 Å². The van der Waals surface area contributed by atoms with Crippen molar-refractivity contribution in [2.75, 3.05) is 20.2 Å². The summed E-state index contributed by atoms with van der Waals surface area (Å²) < 4.78 is 18.6. The predicted molar refractivity (Wildman–Crippen MR) is 79.7 cm³/mol. The first-order valence-corrected chi connectivity index (χ1v) is 7.43. The molecule has 1 heterocycles. The minimum absolute atomic E-state index is 0.0330. The van der Waals surface area contributed by atoms with E-state index in [9.17, 15) is 9.18 Å². The smallest absolute Gasteiger partial charge is 0.220 e. The Bertz CT molecular complexity index is 487. The van der Waals surface area contributed by atoms with Gasteiger partial charge in [0.05, 0.1) is 13.2 Å². The lowest BCUT2D eigenvalue weighted by Gasteiger charge is -2.23. The molecule has 1 amide bonds. The average molecular weight is 294 g/mol. The van der Waals surface area contributed by atoms with Gasteiger partial charge in [0.2, 0.25) is 5.91 Å². The fourth-order valence-electron chi connectivity index (χ4n) is 2.68.